The molecule has 31 heavy (non-hydrogen) atoms. The van der Waals surface area contributed by atoms with E-state index in [0.717, 1.165) is 33.9 Å². The number of hydrogen-bond donors (Lipinski definition) is 0. The molecule has 1 unspecified atom stereocenters. The zero-order chi connectivity index (χ0) is 22.0. The van der Waals surface area contributed by atoms with E-state index in [2.05, 4.69) is 0 Å². The number of anilines is 1. The van der Waals surface area contributed by atoms with Gasteiger partial charge in [0.1, 0.15) is 11.5 Å². The van der Waals surface area contributed by atoms with E-state index in [-0.39, 0.29) is 18.4 Å². The predicted octanol–water partition coefficient (Wildman–Crippen LogP) is 4.40. The van der Waals surface area contributed by atoms with Crippen LogP contribution in [0.5, 0.6) is 23.0 Å². The van der Waals surface area contributed by atoms with Crippen molar-refractivity contribution in [2.45, 2.75) is 12.5 Å². The van der Waals surface area contributed by atoms with E-state index in [0.29, 0.717) is 11.5 Å². The molecular weight excluding hydrogens is 394 g/mol. The molecule has 1 amide bonds. The Kier molecular flexibility index (Phi) is 5.71. The van der Waals surface area contributed by atoms with Crippen molar-refractivity contribution >= 4 is 11.6 Å². The molecule has 0 aliphatic carbocycles. The Morgan fingerprint density at radius 2 is 1.29 bits per heavy atom. The molecule has 0 N–H and O–H groups in total. The lowest BCUT2D eigenvalue weighted by Gasteiger charge is -2.38. The summed E-state index contributed by atoms with van der Waals surface area (Å²) >= 11 is 0. The van der Waals surface area contributed by atoms with Crippen LogP contribution in [0.25, 0.3) is 0 Å². The fourth-order valence-corrected chi connectivity index (χ4v) is 4.03. The first kappa shape index (κ1) is 20.6. The fraction of sp³-hybridized carbons (Fsp3) is 0.240. The molecule has 0 bridgehead atoms. The highest BCUT2D eigenvalue weighted by molar-refractivity contribution is 5.98. The van der Waals surface area contributed by atoms with E-state index in [1.54, 1.807) is 28.4 Å². The van der Waals surface area contributed by atoms with Crippen LogP contribution in [0.15, 0.2) is 60.7 Å². The third-order valence-corrected chi connectivity index (χ3v) is 5.59. The van der Waals surface area contributed by atoms with Crippen LogP contribution < -0.4 is 23.8 Å². The Balaban J connectivity index is 1.90. The van der Waals surface area contributed by atoms with Gasteiger partial charge in [0.15, 0.2) is 11.5 Å². The summed E-state index contributed by atoms with van der Waals surface area (Å²) in [6.45, 7) is 0. The minimum atomic E-state index is -0.324. The number of ether oxygens (including phenoxy) is 4. The van der Waals surface area contributed by atoms with Crippen molar-refractivity contribution < 1.29 is 23.7 Å². The van der Waals surface area contributed by atoms with Gasteiger partial charge in [0.2, 0.25) is 5.91 Å². The molecule has 3 aromatic rings. The summed E-state index contributed by atoms with van der Waals surface area (Å²) in [5.74, 6) is 2.74. The summed E-state index contributed by atoms with van der Waals surface area (Å²) in [4.78, 5) is 15.2. The molecule has 4 rings (SSSR count). The third-order valence-electron chi connectivity index (χ3n) is 5.59. The summed E-state index contributed by atoms with van der Waals surface area (Å²) in [6.07, 6.45) is 0.272. The Hall–Kier alpha value is -3.67. The van der Waals surface area contributed by atoms with Gasteiger partial charge in [0, 0.05) is 5.69 Å². The van der Waals surface area contributed by atoms with Crippen LogP contribution >= 0.6 is 0 Å². The normalized spacial score (nSPS) is 15.3. The fourth-order valence-electron chi connectivity index (χ4n) is 4.03. The van der Waals surface area contributed by atoms with Crippen molar-refractivity contribution in [2.24, 2.45) is 0 Å². The van der Waals surface area contributed by atoms with Gasteiger partial charge < -0.3 is 23.8 Å². The van der Waals surface area contributed by atoms with Crippen LogP contribution in [0, 0.1) is 0 Å². The summed E-state index contributed by atoms with van der Waals surface area (Å²) in [5, 5.41) is 0. The number of hydrogen-bond acceptors (Lipinski definition) is 5. The lowest BCUT2D eigenvalue weighted by atomic mass is 9.86. The molecule has 3 aromatic carbocycles. The highest BCUT2D eigenvalue weighted by atomic mass is 16.5. The van der Waals surface area contributed by atoms with Gasteiger partial charge in [-0.05, 0) is 65.2 Å². The van der Waals surface area contributed by atoms with Gasteiger partial charge in [0.05, 0.1) is 40.9 Å². The van der Waals surface area contributed by atoms with E-state index in [9.17, 15) is 4.79 Å². The zero-order valence-corrected chi connectivity index (χ0v) is 18.0. The molecule has 0 fully saturated rings. The number of benzene rings is 3. The number of fused-ring (bicyclic) bond motifs is 1. The molecule has 0 saturated heterocycles. The molecular formula is C25H25NO5. The van der Waals surface area contributed by atoms with Gasteiger partial charge in [-0.25, -0.2) is 0 Å². The van der Waals surface area contributed by atoms with E-state index in [4.69, 9.17) is 18.9 Å². The van der Waals surface area contributed by atoms with Crippen LogP contribution in [0.2, 0.25) is 0 Å². The van der Waals surface area contributed by atoms with E-state index >= 15 is 0 Å². The summed E-state index contributed by atoms with van der Waals surface area (Å²) in [5.41, 5.74) is 3.69. The van der Waals surface area contributed by atoms with Crippen molar-refractivity contribution in [3.8, 4) is 23.0 Å². The molecule has 1 aliphatic rings. The van der Waals surface area contributed by atoms with E-state index < -0.39 is 0 Å². The molecule has 1 atom stereocenters. The minimum absolute atomic E-state index is 0.00528. The molecule has 0 saturated carbocycles. The molecule has 160 valence electrons. The smallest absolute Gasteiger partial charge is 0.232 e. The van der Waals surface area contributed by atoms with Gasteiger partial charge in [-0.3, -0.25) is 4.79 Å². The highest BCUT2D eigenvalue weighted by Crippen LogP contribution is 2.43. The average molecular weight is 419 g/mol. The van der Waals surface area contributed by atoms with Crippen LogP contribution in [0.3, 0.4) is 0 Å². The third kappa shape index (κ3) is 3.77. The number of methoxy groups -OCH3 is 4. The zero-order valence-electron chi connectivity index (χ0n) is 18.0. The molecule has 6 heteroatoms. The van der Waals surface area contributed by atoms with Crippen molar-refractivity contribution in [3.63, 3.8) is 0 Å². The Morgan fingerprint density at radius 1 is 0.742 bits per heavy atom. The standard InChI is InChI=1S/C25H25NO5/c1-28-19-9-5-16(6-10-19)25-21-15-23(31-4)22(30-3)13-17(21)14-24(27)26(25)18-7-11-20(29-2)12-8-18/h5-13,15,25H,14H2,1-4H3. The molecule has 0 aromatic heterocycles. The monoisotopic (exact) mass is 419 g/mol. The van der Waals surface area contributed by atoms with Gasteiger partial charge in [-0.2, -0.15) is 0 Å². The first-order valence-corrected chi connectivity index (χ1v) is 9.94. The second kappa shape index (κ2) is 8.60. The summed E-state index contributed by atoms with van der Waals surface area (Å²) in [7, 11) is 6.47. The molecule has 1 heterocycles. The number of rotatable bonds is 6. The second-order valence-corrected chi connectivity index (χ2v) is 7.22. The van der Waals surface area contributed by atoms with Crippen LogP contribution in [-0.4, -0.2) is 34.3 Å². The number of nitrogens with zero attached hydrogens (tertiary/aromatic N) is 1. The first-order chi connectivity index (χ1) is 15.1. The molecule has 0 spiro atoms. The molecule has 1 aliphatic heterocycles. The summed E-state index contributed by atoms with van der Waals surface area (Å²) < 4.78 is 21.6. The van der Waals surface area contributed by atoms with Crippen molar-refractivity contribution in [1.29, 1.82) is 0 Å². The second-order valence-electron chi connectivity index (χ2n) is 7.22. The van der Waals surface area contributed by atoms with E-state index in [1.165, 1.54) is 0 Å². The minimum Gasteiger partial charge on any atom is -0.497 e. The molecule has 6 nitrogen and oxygen atoms in total. The first-order valence-electron chi connectivity index (χ1n) is 9.94. The van der Waals surface area contributed by atoms with Gasteiger partial charge in [-0.1, -0.05) is 12.1 Å². The average Bonchev–Trinajstić information content (AvgIpc) is 2.82. The molecule has 0 radical (unpaired) electrons. The van der Waals surface area contributed by atoms with E-state index in [1.807, 2.05) is 65.6 Å². The maximum absolute atomic E-state index is 13.4. The Bertz CT molecular complexity index is 1080. The maximum Gasteiger partial charge on any atom is 0.232 e. The van der Waals surface area contributed by atoms with Crippen LogP contribution in [0.4, 0.5) is 5.69 Å². The van der Waals surface area contributed by atoms with Crippen molar-refractivity contribution in [2.75, 3.05) is 33.3 Å². The van der Waals surface area contributed by atoms with Gasteiger partial charge in [0.25, 0.3) is 0 Å². The quantitative estimate of drug-likeness (QED) is 0.593. The Labute approximate surface area is 181 Å². The number of carbonyl (C=O) groups excluding carboxylic acids is 1. The lowest BCUT2D eigenvalue weighted by molar-refractivity contribution is -0.118. The van der Waals surface area contributed by atoms with Crippen LogP contribution in [-0.2, 0) is 11.2 Å². The van der Waals surface area contributed by atoms with Crippen molar-refractivity contribution in [1.82, 2.24) is 0 Å². The Morgan fingerprint density at radius 3 is 1.84 bits per heavy atom. The van der Waals surface area contributed by atoms with Gasteiger partial charge >= 0.3 is 0 Å². The maximum atomic E-state index is 13.4. The van der Waals surface area contributed by atoms with Crippen LogP contribution in [0.1, 0.15) is 22.7 Å². The predicted molar refractivity (Wildman–Crippen MR) is 119 cm³/mol. The number of carbonyl (C=O) groups is 1. The van der Waals surface area contributed by atoms with Gasteiger partial charge in [-0.15, -0.1) is 0 Å². The number of amides is 1. The highest BCUT2D eigenvalue weighted by Gasteiger charge is 2.36. The van der Waals surface area contributed by atoms with Crippen molar-refractivity contribution in [3.05, 3.63) is 77.4 Å². The topological polar surface area (TPSA) is 57.2 Å². The largest absolute Gasteiger partial charge is 0.497 e. The SMILES string of the molecule is COc1ccc(C2c3cc(OC)c(OC)cc3CC(=O)N2c2ccc(OC)cc2)cc1. The summed E-state index contributed by atoms with van der Waals surface area (Å²) in [6, 6.07) is 18.8. The lowest BCUT2D eigenvalue weighted by Crippen LogP contribution is -2.41.